The second-order valence-electron chi connectivity index (χ2n) is 9.11. The molecule has 0 saturated carbocycles. The Hall–Kier alpha value is -3.58. The Labute approximate surface area is 234 Å². The molecule has 0 aliphatic carbocycles. The number of nitrogens with two attached hydrogens (primary N) is 1. The molecular weight excluding hydrogens is 548 g/mol. The van der Waals surface area contributed by atoms with E-state index in [0.717, 1.165) is 5.56 Å². The first kappa shape index (κ1) is 30.0. The summed E-state index contributed by atoms with van der Waals surface area (Å²) in [5.41, 5.74) is 6.62. The van der Waals surface area contributed by atoms with Crippen molar-refractivity contribution < 1.29 is 28.1 Å². The number of carbonyl (C=O) groups is 3. The van der Waals surface area contributed by atoms with Crippen LogP contribution in [0.5, 0.6) is 5.75 Å². The van der Waals surface area contributed by atoms with Crippen molar-refractivity contribution in [1.82, 2.24) is 19.8 Å². The van der Waals surface area contributed by atoms with Crippen molar-refractivity contribution in [2.75, 3.05) is 44.9 Å². The van der Waals surface area contributed by atoms with Gasteiger partial charge in [0.05, 0.1) is 31.1 Å². The molecule has 2 aliphatic rings. The van der Waals surface area contributed by atoms with E-state index in [1.165, 1.54) is 24.4 Å². The van der Waals surface area contributed by atoms with Crippen LogP contribution in [0.15, 0.2) is 36.7 Å². The van der Waals surface area contributed by atoms with E-state index in [9.17, 15) is 18.6 Å². The van der Waals surface area contributed by atoms with Gasteiger partial charge in [0.25, 0.3) is 0 Å². The summed E-state index contributed by atoms with van der Waals surface area (Å²) < 4.78 is 22.4. The number of esters is 1. The molecule has 14 heteroatoms. The van der Waals surface area contributed by atoms with Crippen LogP contribution in [0.25, 0.3) is 11.4 Å². The molecule has 0 spiro atoms. The molecule has 210 valence electrons. The predicted octanol–water partition coefficient (Wildman–Crippen LogP) is 0.599. The summed E-state index contributed by atoms with van der Waals surface area (Å²) >= 11 is 0. The first-order valence-corrected chi connectivity index (χ1v) is 13.6. The molecule has 0 bridgehead atoms. The molecule has 1 aromatic carbocycles. The van der Waals surface area contributed by atoms with Crippen LogP contribution in [0.3, 0.4) is 0 Å². The van der Waals surface area contributed by atoms with E-state index in [1.807, 2.05) is 0 Å². The minimum absolute atomic E-state index is 0. The van der Waals surface area contributed by atoms with Crippen LogP contribution in [0, 0.1) is 11.3 Å². The Morgan fingerprint density at radius 3 is 2.38 bits per heavy atom. The minimum Gasteiger partial charge on any atom is -0.491 e. The smallest absolute Gasteiger partial charge is 0.306 e. The number of nitrogens with zero attached hydrogens (tertiary/aromatic N) is 4. The van der Waals surface area contributed by atoms with Crippen LogP contribution < -0.4 is 10.5 Å². The molecule has 2 amide bonds. The second-order valence-corrected chi connectivity index (χ2v) is 10.8. The van der Waals surface area contributed by atoms with E-state index in [2.05, 4.69) is 9.97 Å². The van der Waals surface area contributed by atoms with Gasteiger partial charge in [-0.25, -0.2) is 9.97 Å². The van der Waals surface area contributed by atoms with Crippen molar-refractivity contribution in [3.63, 3.8) is 0 Å². The van der Waals surface area contributed by atoms with Crippen molar-refractivity contribution in [3.8, 4) is 17.1 Å². The third-order valence-corrected chi connectivity index (χ3v) is 7.90. The van der Waals surface area contributed by atoms with Crippen LogP contribution in [-0.2, 0) is 29.9 Å². The maximum absolute atomic E-state index is 13.1. The van der Waals surface area contributed by atoms with Gasteiger partial charge in [0.15, 0.2) is 5.82 Å². The Balaban J connectivity index is 0.00000420. The van der Waals surface area contributed by atoms with Crippen LogP contribution in [-0.4, -0.2) is 98.5 Å². The Morgan fingerprint density at radius 2 is 1.79 bits per heavy atom. The quantitative estimate of drug-likeness (QED) is 0.246. The fraction of sp³-hybridized carbons (Fsp3) is 0.440. The van der Waals surface area contributed by atoms with Gasteiger partial charge < -0.3 is 25.0 Å². The number of hydrogen-bond acceptors (Lipinski definition) is 9. The van der Waals surface area contributed by atoms with Crippen molar-refractivity contribution in [3.05, 3.63) is 42.2 Å². The van der Waals surface area contributed by atoms with Gasteiger partial charge in [-0.2, -0.15) is 0 Å². The first-order valence-electron chi connectivity index (χ1n) is 12.1. The number of hydrogen-bond donors (Lipinski definition) is 2. The number of halogens is 1. The SMILES string of the molecule is COC(=O)C[C@@H]1C[C@@H](COc2ccc(-c3ncc(C(=N)N)cn3)cc2)N(CC(=O)N2CCS(=O)CC2)C1=O.Cl. The third-order valence-electron chi connectivity index (χ3n) is 6.62. The van der Waals surface area contributed by atoms with Gasteiger partial charge >= 0.3 is 5.97 Å². The lowest BCUT2D eigenvalue weighted by atomic mass is 10.0. The highest BCUT2D eigenvalue weighted by Gasteiger charge is 2.42. The van der Waals surface area contributed by atoms with Crippen molar-refractivity contribution in [2.45, 2.75) is 18.9 Å². The molecule has 3 heterocycles. The number of likely N-dealkylation sites (tertiary alicyclic amines) is 1. The van der Waals surface area contributed by atoms with Crippen LogP contribution in [0.1, 0.15) is 18.4 Å². The summed E-state index contributed by atoms with van der Waals surface area (Å²) in [4.78, 5) is 49.5. The number of carbonyl (C=O) groups excluding carboxylic acids is 3. The van der Waals surface area contributed by atoms with Crippen molar-refractivity contribution in [2.24, 2.45) is 11.7 Å². The van der Waals surface area contributed by atoms with Crippen molar-refractivity contribution >= 4 is 46.8 Å². The summed E-state index contributed by atoms with van der Waals surface area (Å²) in [6.45, 7) is 0.815. The summed E-state index contributed by atoms with van der Waals surface area (Å²) in [6, 6.07) is 6.69. The predicted molar refractivity (Wildman–Crippen MR) is 146 cm³/mol. The molecule has 4 rings (SSSR count). The topological polar surface area (TPSA) is 169 Å². The lowest BCUT2D eigenvalue weighted by Crippen LogP contribution is -2.49. The molecule has 2 fully saturated rings. The molecule has 2 aliphatic heterocycles. The molecule has 0 radical (unpaired) electrons. The maximum Gasteiger partial charge on any atom is 0.306 e. The fourth-order valence-electron chi connectivity index (χ4n) is 4.43. The fourth-order valence-corrected chi connectivity index (χ4v) is 5.49. The zero-order chi connectivity index (χ0) is 27.2. The monoisotopic (exact) mass is 578 g/mol. The van der Waals surface area contributed by atoms with Crippen molar-refractivity contribution in [1.29, 1.82) is 5.41 Å². The van der Waals surface area contributed by atoms with E-state index < -0.39 is 28.7 Å². The molecule has 3 N–H and O–H groups in total. The summed E-state index contributed by atoms with van der Waals surface area (Å²) in [5, 5.41) is 7.44. The molecule has 2 saturated heterocycles. The van der Waals surface area contributed by atoms with Gasteiger partial charge in [0.1, 0.15) is 24.7 Å². The van der Waals surface area contributed by atoms with Gasteiger partial charge in [-0.1, -0.05) is 0 Å². The van der Waals surface area contributed by atoms with Gasteiger partial charge in [0.2, 0.25) is 11.8 Å². The average molecular weight is 579 g/mol. The third kappa shape index (κ3) is 7.51. The Morgan fingerprint density at radius 1 is 1.15 bits per heavy atom. The first-order chi connectivity index (χ1) is 18.2. The summed E-state index contributed by atoms with van der Waals surface area (Å²) in [6.07, 6.45) is 3.27. The largest absolute Gasteiger partial charge is 0.491 e. The molecule has 2 aromatic rings. The van der Waals surface area contributed by atoms with Gasteiger partial charge in [0, 0.05) is 53.4 Å². The van der Waals surface area contributed by atoms with E-state index in [1.54, 1.807) is 29.2 Å². The Kier molecular flexibility index (Phi) is 10.4. The Bertz CT molecular complexity index is 1220. The van der Waals surface area contributed by atoms with E-state index in [-0.39, 0.29) is 49.6 Å². The van der Waals surface area contributed by atoms with Crippen LogP contribution in [0.4, 0.5) is 0 Å². The zero-order valence-corrected chi connectivity index (χ0v) is 23.0. The van der Waals surface area contributed by atoms with E-state index >= 15 is 0 Å². The number of amides is 2. The number of nitrogens with one attached hydrogen (secondary N) is 1. The second kappa shape index (κ2) is 13.5. The highest BCUT2D eigenvalue weighted by Crippen LogP contribution is 2.29. The van der Waals surface area contributed by atoms with Crippen LogP contribution in [0.2, 0.25) is 0 Å². The number of aromatic nitrogens is 2. The molecular formula is C25H31ClN6O6S. The zero-order valence-electron chi connectivity index (χ0n) is 21.4. The summed E-state index contributed by atoms with van der Waals surface area (Å²) in [5.74, 6) is 0.223. The van der Waals surface area contributed by atoms with Crippen LogP contribution >= 0.6 is 12.4 Å². The maximum atomic E-state index is 13.1. The summed E-state index contributed by atoms with van der Waals surface area (Å²) in [7, 11) is 0.357. The molecule has 1 aromatic heterocycles. The average Bonchev–Trinajstić information content (AvgIpc) is 3.21. The molecule has 12 nitrogen and oxygen atoms in total. The standard InChI is InChI=1S/C25H30N6O6S.ClH/c1-36-22(33)11-17-10-19(31(25(17)34)14-21(32)30-6-8-38(35)9-7-30)15-37-20-4-2-16(3-5-20)24-28-12-18(13-29-24)23(26)27;/h2-5,12-13,17,19H,6-11,14-15H2,1H3,(H3,26,27);1H/t17-,19-;/m0./s1. The molecule has 0 unspecified atom stereocenters. The number of rotatable bonds is 9. The highest BCUT2D eigenvalue weighted by atomic mass is 35.5. The number of methoxy groups -OCH3 is 1. The number of nitrogen functional groups attached to an aromatic ring is 1. The van der Waals surface area contributed by atoms with E-state index in [4.69, 9.17) is 20.6 Å². The lowest BCUT2D eigenvalue weighted by Gasteiger charge is -2.30. The number of benzene rings is 1. The van der Waals surface area contributed by atoms with Gasteiger partial charge in [-0.15, -0.1) is 12.4 Å². The number of ether oxygens (including phenoxy) is 2. The van der Waals surface area contributed by atoms with Gasteiger partial charge in [-0.05, 0) is 30.7 Å². The normalized spacial score (nSPS) is 19.4. The minimum atomic E-state index is -0.918. The molecule has 39 heavy (non-hydrogen) atoms. The lowest BCUT2D eigenvalue weighted by molar-refractivity contribution is -0.146. The van der Waals surface area contributed by atoms with Gasteiger partial charge in [-0.3, -0.25) is 24.0 Å². The molecule has 2 atom stereocenters. The highest BCUT2D eigenvalue weighted by molar-refractivity contribution is 7.85. The van der Waals surface area contributed by atoms with E-state index in [0.29, 0.717) is 48.2 Å². The number of amidine groups is 1.